The van der Waals surface area contributed by atoms with E-state index in [1.54, 1.807) is 24.3 Å². The van der Waals surface area contributed by atoms with Gasteiger partial charge < -0.3 is 10.6 Å². The van der Waals surface area contributed by atoms with E-state index in [4.69, 9.17) is 5.26 Å². The Morgan fingerprint density at radius 2 is 2.04 bits per heavy atom. The molecular weight excluding hydrogens is 309 g/mol. The number of carbonyl (C=O) groups excluding carboxylic acids is 2. The van der Waals surface area contributed by atoms with E-state index in [0.29, 0.717) is 23.4 Å². The van der Waals surface area contributed by atoms with Crippen LogP contribution >= 0.6 is 0 Å². The van der Waals surface area contributed by atoms with E-state index >= 15 is 0 Å². The fraction of sp³-hybridized carbons (Fsp3) is 0.167. The van der Waals surface area contributed by atoms with Crippen molar-refractivity contribution >= 4 is 23.2 Å². The topological polar surface area (TPSA) is 82.0 Å². The van der Waals surface area contributed by atoms with Gasteiger partial charge in [-0.3, -0.25) is 9.59 Å². The Morgan fingerprint density at radius 3 is 2.75 bits per heavy atom. The number of carbonyl (C=O) groups is 2. The molecule has 24 heavy (non-hydrogen) atoms. The first-order valence-electron chi connectivity index (χ1n) is 7.43. The van der Waals surface area contributed by atoms with Gasteiger partial charge in [0, 0.05) is 17.8 Å². The molecule has 0 saturated carbocycles. The standard InChI is InChI=1S/C18H14FN3O2/c19-12-3-6-14-15(10-17(23)22-16(14)9-12)18(24)21-13-4-1-11(2-5-13)7-8-20/h1-6,9,15H,7,10H2,(H,21,24)(H,22,23)/t15-/m0/s1. The molecule has 2 aromatic carbocycles. The molecule has 0 saturated heterocycles. The highest BCUT2D eigenvalue weighted by Crippen LogP contribution is 2.33. The van der Waals surface area contributed by atoms with Gasteiger partial charge in [-0.15, -0.1) is 0 Å². The predicted octanol–water partition coefficient (Wildman–Crippen LogP) is 2.96. The number of anilines is 2. The number of hydrogen-bond acceptors (Lipinski definition) is 3. The molecule has 1 heterocycles. The lowest BCUT2D eigenvalue weighted by Crippen LogP contribution is -2.30. The summed E-state index contributed by atoms with van der Waals surface area (Å²) in [6.45, 7) is 0. The lowest BCUT2D eigenvalue weighted by atomic mass is 9.89. The minimum Gasteiger partial charge on any atom is -0.326 e. The number of nitrogens with zero attached hydrogens (tertiary/aromatic N) is 1. The molecule has 0 aliphatic carbocycles. The van der Waals surface area contributed by atoms with Crippen LogP contribution in [0.15, 0.2) is 42.5 Å². The van der Waals surface area contributed by atoms with Crippen molar-refractivity contribution in [2.75, 3.05) is 10.6 Å². The zero-order valence-electron chi connectivity index (χ0n) is 12.7. The van der Waals surface area contributed by atoms with Gasteiger partial charge in [-0.25, -0.2) is 4.39 Å². The highest BCUT2D eigenvalue weighted by molar-refractivity contribution is 6.05. The number of rotatable bonds is 3. The summed E-state index contributed by atoms with van der Waals surface area (Å²) in [5.74, 6) is -1.79. The lowest BCUT2D eigenvalue weighted by molar-refractivity contribution is -0.123. The molecule has 120 valence electrons. The molecule has 0 spiro atoms. The third-order valence-corrected chi connectivity index (χ3v) is 3.88. The van der Waals surface area contributed by atoms with Gasteiger partial charge in [0.25, 0.3) is 0 Å². The van der Waals surface area contributed by atoms with Crippen LogP contribution in [0.1, 0.15) is 23.5 Å². The Kier molecular flexibility index (Phi) is 4.25. The first-order chi connectivity index (χ1) is 11.6. The van der Waals surface area contributed by atoms with Gasteiger partial charge in [-0.2, -0.15) is 5.26 Å². The third kappa shape index (κ3) is 3.25. The molecule has 1 aliphatic rings. The van der Waals surface area contributed by atoms with Crippen molar-refractivity contribution in [1.82, 2.24) is 0 Å². The summed E-state index contributed by atoms with van der Waals surface area (Å²) in [4.78, 5) is 24.3. The Balaban J connectivity index is 1.80. The average Bonchev–Trinajstić information content (AvgIpc) is 2.55. The summed E-state index contributed by atoms with van der Waals surface area (Å²) in [6.07, 6.45) is 0.312. The van der Waals surface area contributed by atoms with Crippen LogP contribution in [-0.2, 0) is 16.0 Å². The molecule has 0 fully saturated rings. The van der Waals surface area contributed by atoms with Gasteiger partial charge in [0.05, 0.1) is 18.4 Å². The first kappa shape index (κ1) is 15.7. The summed E-state index contributed by atoms with van der Waals surface area (Å²) >= 11 is 0. The highest BCUT2D eigenvalue weighted by Gasteiger charge is 2.30. The molecule has 0 aromatic heterocycles. The second kappa shape index (κ2) is 6.50. The minimum atomic E-state index is -0.673. The van der Waals surface area contributed by atoms with Crippen molar-refractivity contribution in [2.45, 2.75) is 18.8 Å². The second-order valence-corrected chi connectivity index (χ2v) is 5.56. The molecule has 1 aliphatic heterocycles. The van der Waals surface area contributed by atoms with Crippen molar-refractivity contribution in [2.24, 2.45) is 0 Å². The van der Waals surface area contributed by atoms with Crippen molar-refractivity contribution < 1.29 is 14.0 Å². The summed E-state index contributed by atoms with van der Waals surface area (Å²) in [5.41, 5.74) is 2.36. The highest BCUT2D eigenvalue weighted by atomic mass is 19.1. The van der Waals surface area contributed by atoms with Crippen LogP contribution < -0.4 is 10.6 Å². The summed E-state index contributed by atoms with van der Waals surface area (Å²) in [7, 11) is 0. The Bertz CT molecular complexity index is 840. The van der Waals surface area contributed by atoms with Crippen LogP contribution in [0, 0.1) is 17.1 Å². The molecule has 3 rings (SSSR count). The van der Waals surface area contributed by atoms with Crippen molar-refractivity contribution in [3.63, 3.8) is 0 Å². The van der Waals surface area contributed by atoms with Gasteiger partial charge in [0.15, 0.2) is 0 Å². The smallest absolute Gasteiger partial charge is 0.232 e. The number of nitrogens with one attached hydrogen (secondary N) is 2. The molecule has 2 amide bonds. The number of nitriles is 1. The van der Waals surface area contributed by atoms with Crippen LogP contribution in [0.25, 0.3) is 0 Å². The van der Waals surface area contributed by atoms with E-state index < -0.39 is 11.7 Å². The van der Waals surface area contributed by atoms with E-state index in [0.717, 1.165) is 5.56 Å². The molecule has 0 radical (unpaired) electrons. The summed E-state index contributed by atoms with van der Waals surface area (Å²) in [6, 6.07) is 13.0. The second-order valence-electron chi connectivity index (χ2n) is 5.56. The summed E-state index contributed by atoms with van der Waals surface area (Å²) in [5, 5.41) is 14.0. The molecule has 5 nitrogen and oxygen atoms in total. The Hall–Kier alpha value is -3.20. The molecule has 0 bridgehead atoms. The predicted molar refractivity (Wildman–Crippen MR) is 86.8 cm³/mol. The largest absolute Gasteiger partial charge is 0.326 e. The van der Waals surface area contributed by atoms with Crippen LogP contribution in [0.3, 0.4) is 0 Å². The molecule has 0 unspecified atom stereocenters. The minimum absolute atomic E-state index is 0.0109. The van der Waals surface area contributed by atoms with E-state index in [1.807, 2.05) is 0 Å². The first-order valence-corrected chi connectivity index (χ1v) is 7.43. The van der Waals surface area contributed by atoms with Crippen LogP contribution in [0.4, 0.5) is 15.8 Å². The normalized spacial score (nSPS) is 15.8. The van der Waals surface area contributed by atoms with Crippen molar-refractivity contribution in [3.8, 4) is 6.07 Å². The number of amides is 2. The zero-order chi connectivity index (χ0) is 17.1. The van der Waals surface area contributed by atoms with Gasteiger partial charge in [-0.1, -0.05) is 18.2 Å². The molecular formula is C18H14FN3O2. The van der Waals surface area contributed by atoms with Crippen molar-refractivity contribution in [3.05, 3.63) is 59.4 Å². The van der Waals surface area contributed by atoms with E-state index in [9.17, 15) is 14.0 Å². The van der Waals surface area contributed by atoms with Crippen LogP contribution in [0.5, 0.6) is 0 Å². The SMILES string of the molecule is N#CCc1ccc(NC(=O)[C@H]2CC(=O)Nc3cc(F)ccc32)cc1. The molecule has 2 aromatic rings. The molecule has 2 N–H and O–H groups in total. The molecule has 6 heteroatoms. The van der Waals surface area contributed by atoms with Crippen LogP contribution in [0.2, 0.25) is 0 Å². The number of fused-ring (bicyclic) bond motifs is 1. The van der Waals surface area contributed by atoms with E-state index in [-0.39, 0.29) is 18.2 Å². The monoisotopic (exact) mass is 323 g/mol. The summed E-state index contributed by atoms with van der Waals surface area (Å²) < 4.78 is 13.3. The maximum absolute atomic E-state index is 13.3. The average molecular weight is 323 g/mol. The van der Waals surface area contributed by atoms with Gasteiger partial charge >= 0.3 is 0 Å². The third-order valence-electron chi connectivity index (χ3n) is 3.88. The number of hydrogen-bond donors (Lipinski definition) is 2. The van der Waals surface area contributed by atoms with E-state index in [2.05, 4.69) is 16.7 Å². The fourth-order valence-corrected chi connectivity index (χ4v) is 2.70. The quantitative estimate of drug-likeness (QED) is 0.911. The van der Waals surface area contributed by atoms with Gasteiger partial charge in [0.1, 0.15) is 5.82 Å². The fourth-order valence-electron chi connectivity index (χ4n) is 2.70. The van der Waals surface area contributed by atoms with Crippen LogP contribution in [-0.4, -0.2) is 11.8 Å². The number of halogens is 1. The van der Waals surface area contributed by atoms with E-state index in [1.165, 1.54) is 18.2 Å². The van der Waals surface area contributed by atoms with Gasteiger partial charge in [-0.05, 0) is 35.4 Å². The maximum atomic E-state index is 13.3. The molecule has 1 atom stereocenters. The van der Waals surface area contributed by atoms with Crippen molar-refractivity contribution in [1.29, 1.82) is 5.26 Å². The Morgan fingerprint density at radius 1 is 1.29 bits per heavy atom. The Labute approximate surface area is 138 Å². The lowest BCUT2D eigenvalue weighted by Gasteiger charge is -2.24. The van der Waals surface area contributed by atoms with Gasteiger partial charge in [0.2, 0.25) is 11.8 Å². The number of benzene rings is 2. The maximum Gasteiger partial charge on any atom is 0.232 e. The zero-order valence-corrected chi connectivity index (χ0v) is 12.7.